The van der Waals surface area contributed by atoms with Crippen LogP contribution in [0.3, 0.4) is 0 Å². The van der Waals surface area contributed by atoms with Crippen LogP contribution in [0.2, 0.25) is 0 Å². The highest BCUT2D eigenvalue weighted by Crippen LogP contribution is 2.16. The molecule has 0 N–H and O–H groups in total. The summed E-state index contributed by atoms with van der Waals surface area (Å²) in [5.74, 6) is 0. The molecule has 0 aliphatic heterocycles. The van der Waals surface area contributed by atoms with Crippen molar-refractivity contribution < 1.29 is 4.57 Å². The fraction of sp³-hybridized carbons (Fsp3) is 0.0667. The van der Waals surface area contributed by atoms with Crippen molar-refractivity contribution in [2.24, 2.45) is 0 Å². The van der Waals surface area contributed by atoms with E-state index in [1.165, 1.54) is 10.2 Å². The Hall–Kier alpha value is -2.18. The van der Waals surface area contributed by atoms with Crippen LogP contribution < -0.4 is 4.57 Å². The Kier molecular flexibility index (Phi) is 2.79. The maximum atomic E-state index is 9.10. The summed E-state index contributed by atoms with van der Waals surface area (Å²) in [6.07, 6.45) is 0. The van der Waals surface area contributed by atoms with Gasteiger partial charge < -0.3 is 0 Å². The number of benzene rings is 2. The lowest BCUT2D eigenvalue weighted by Crippen LogP contribution is -2.32. The number of nitrogens with zero attached hydrogens (tertiary/aromatic N) is 2. The van der Waals surface area contributed by atoms with E-state index in [1.807, 2.05) is 36.4 Å². The largest absolute Gasteiger partial charge is 0.226 e. The molecule has 0 amide bonds. The normalized spacial score (nSPS) is 10.4. The van der Waals surface area contributed by atoms with E-state index in [0.717, 1.165) is 17.7 Å². The lowest BCUT2D eigenvalue weighted by Gasteiger charge is -1.98. The molecule has 1 heterocycles. The van der Waals surface area contributed by atoms with Gasteiger partial charge >= 0.3 is 0 Å². The van der Waals surface area contributed by atoms with Gasteiger partial charge in [-0.25, -0.2) is 0 Å². The minimum atomic E-state index is 0.744. The summed E-state index contributed by atoms with van der Waals surface area (Å²) in [5.41, 5.74) is 5.14. The molecule has 3 aromatic rings. The topological polar surface area (TPSA) is 27.7 Å². The summed E-state index contributed by atoms with van der Waals surface area (Å²) in [6.45, 7) is 0.744. The number of rotatable bonds is 2. The van der Waals surface area contributed by atoms with Gasteiger partial charge in [-0.1, -0.05) is 41.7 Å². The van der Waals surface area contributed by atoms with Crippen molar-refractivity contribution in [1.82, 2.24) is 0 Å². The summed E-state index contributed by atoms with van der Waals surface area (Å²) in [7, 11) is 0. The molecule has 0 fully saturated rings. The molecule has 0 atom stereocenters. The van der Waals surface area contributed by atoms with E-state index in [4.69, 9.17) is 5.26 Å². The van der Waals surface area contributed by atoms with Crippen LogP contribution in [-0.4, -0.2) is 0 Å². The van der Waals surface area contributed by atoms with Crippen LogP contribution in [0, 0.1) is 11.3 Å². The summed E-state index contributed by atoms with van der Waals surface area (Å²) >= 11 is 1.73. The van der Waals surface area contributed by atoms with Crippen molar-refractivity contribution in [3.63, 3.8) is 0 Å². The highest BCUT2D eigenvalue weighted by molar-refractivity contribution is 7.16. The molecule has 1 aromatic heterocycles. The summed E-state index contributed by atoms with van der Waals surface area (Å²) in [6, 6.07) is 18.3. The van der Waals surface area contributed by atoms with E-state index in [1.54, 1.807) is 11.3 Å². The van der Waals surface area contributed by atoms with Crippen LogP contribution in [0.4, 0.5) is 0 Å². The molecule has 0 spiro atoms. The van der Waals surface area contributed by atoms with Crippen LogP contribution in [0.1, 0.15) is 11.1 Å². The fourth-order valence-electron chi connectivity index (χ4n) is 2.04. The van der Waals surface area contributed by atoms with Crippen molar-refractivity contribution in [3.05, 3.63) is 65.2 Å². The summed E-state index contributed by atoms with van der Waals surface area (Å²) < 4.78 is 3.46. The van der Waals surface area contributed by atoms with Crippen LogP contribution in [0.15, 0.2) is 54.0 Å². The zero-order valence-corrected chi connectivity index (χ0v) is 10.5. The Morgan fingerprint density at radius 3 is 2.72 bits per heavy atom. The van der Waals surface area contributed by atoms with Crippen LogP contribution in [0.5, 0.6) is 0 Å². The van der Waals surface area contributed by atoms with Gasteiger partial charge in [0, 0.05) is 11.6 Å². The van der Waals surface area contributed by atoms with Crippen molar-refractivity contribution in [2.75, 3.05) is 0 Å². The maximum absolute atomic E-state index is 9.10. The molecule has 86 valence electrons. The molecule has 2 aromatic carbocycles. The van der Waals surface area contributed by atoms with E-state index >= 15 is 0 Å². The molecule has 0 bridgehead atoms. The van der Waals surface area contributed by atoms with Gasteiger partial charge in [-0.3, -0.25) is 0 Å². The van der Waals surface area contributed by atoms with Crippen LogP contribution in [0.25, 0.3) is 10.2 Å². The molecule has 3 rings (SSSR count). The smallest absolute Gasteiger partial charge is 0.192 e. The van der Waals surface area contributed by atoms with Gasteiger partial charge in [0.1, 0.15) is 4.70 Å². The lowest BCUT2D eigenvalue weighted by atomic mass is 10.1. The number of fused-ring (bicyclic) bond motifs is 1. The summed E-state index contributed by atoms with van der Waals surface area (Å²) in [5, 5.41) is 9.10. The second kappa shape index (κ2) is 4.59. The molecule has 18 heavy (non-hydrogen) atoms. The SMILES string of the molecule is N#Cc1ccccc1C[n+]1csc2ccccc21. The first kappa shape index (κ1) is 10.9. The maximum Gasteiger partial charge on any atom is 0.226 e. The third-order valence-corrected chi connectivity index (χ3v) is 3.92. The molecule has 0 radical (unpaired) electrons. The van der Waals surface area contributed by atoms with Crippen LogP contribution in [-0.2, 0) is 6.54 Å². The first-order valence-corrected chi connectivity index (χ1v) is 6.60. The van der Waals surface area contributed by atoms with Gasteiger partial charge in [0.05, 0.1) is 11.6 Å². The molecule has 0 unspecified atom stereocenters. The molecule has 0 saturated carbocycles. The predicted octanol–water partition coefficient (Wildman–Crippen LogP) is 3.11. The molecule has 3 heteroatoms. The number of nitriles is 1. The third kappa shape index (κ3) is 1.87. The molecule has 0 aliphatic rings. The number of aromatic nitrogens is 1. The van der Waals surface area contributed by atoms with E-state index in [-0.39, 0.29) is 0 Å². The Balaban J connectivity index is 2.05. The third-order valence-electron chi connectivity index (χ3n) is 2.96. The fourth-order valence-corrected chi connectivity index (χ4v) is 2.94. The minimum Gasteiger partial charge on any atom is -0.192 e. The Bertz CT molecular complexity index is 737. The quantitative estimate of drug-likeness (QED) is 0.643. The number of thiazole rings is 1. The highest BCUT2D eigenvalue weighted by atomic mass is 32.1. The number of hydrogen-bond donors (Lipinski definition) is 0. The Labute approximate surface area is 109 Å². The van der Waals surface area contributed by atoms with Gasteiger partial charge in [-0.15, -0.1) is 0 Å². The van der Waals surface area contributed by atoms with Gasteiger partial charge in [0.15, 0.2) is 6.54 Å². The van der Waals surface area contributed by atoms with E-state index in [0.29, 0.717) is 0 Å². The Morgan fingerprint density at radius 1 is 1.06 bits per heavy atom. The number of hydrogen-bond acceptors (Lipinski definition) is 2. The van der Waals surface area contributed by atoms with Gasteiger partial charge in [-0.2, -0.15) is 9.83 Å². The predicted molar refractivity (Wildman–Crippen MR) is 72.3 cm³/mol. The number of para-hydroxylation sites is 1. The molecule has 0 aliphatic carbocycles. The van der Waals surface area contributed by atoms with Crippen molar-refractivity contribution in [1.29, 1.82) is 5.26 Å². The second-order valence-electron chi connectivity index (χ2n) is 4.09. The first-order chi connectivity index (χ1) is 8.88. The van der Waals surface area contributed by atoms with E-state index in [2.05, 4.69) is 28.3 Å². The average molecular weight is 251 g/mol. The molecule has 2 nitrogen and oxygen atoms in total. The standard InChI is InChI=1S/C15H11N2S/c16-9-12-5-1-2-6-13(12)10-17-11-18-15-8-4-3-7-14(15)17/h1-8,11H,10H2/q+1. The zero-order valence-electron chi connectivity index (χ0n) is 9.71. The molecular formula is C15H11N2S+. The highest BCUT2D eigenvalue weighted by Gasteiger charge is 2.13. The van der Waals surface area contributed by atoms with Gasteiger partial charge in [-0.05, 0) is 12.1 Å². The molecular weight excluding hydrogens is 240 g/mol. The lowest BCUT2D eigenvalue weighted by molar-refractivity contribution is -0.658. The van der Waals surface area contributed by atoms with Crippen molar-refractivity contribution in [2.45, 2.75) is 6.54 Å². The molecule has 0 saturated heterocycles. The van der Waals surface area contributed by atoms with Gasteiger partial charge in [0.25, 0.3) is 0 Å². The minimum absolute atomic E-state index is 0.744. The average Bonchev–Trinajstić information content (AvgIpc) is 2.83. The van der Waals surface area contributed by atoms with Crippen molar-refractivity contribution in [3.8, 4) is 6.07 Å². The Morgan fingerprint density at radius 2 is 1.83 bits per heavy atom. The van der Waals surface area contributed by atoms with Gasteiger partial charge in [0.2, 0.25) is 11.0 Å². The monoisotopic (exact) mass is 251 g/mol. The second-order valence-corrected chi connectivity index (χ2v) is 4.97. The van der Waals surface area contributed by atoms with E-state index in [9.17, 15) is 0 Å². The zero-order chi connectivity index (χ0) is 12.4. The van der Waals surface area contributed by atoms with E-state index < -0.39 is 0 Å². The van der Waals surface area contributed by atoms with Crippen molar-refractivity contribution >= 4 is 21.6 Å². The first-order valence-electron chi connectivity index (χ1n) is 5.72. The van der Waals surface area contributed by atoms with Crippen LogP contribution >= 0.6 is 11.3 Å². The summed E-state index contributed by atoms with van der Waals surface area (Å²) in [4.78, 5) is 0.